The summed E-state index contributed by atoms with van der Waals surface area (Å²) in [5.74, 6) is -2.12. The summed E-state index contributed by atoms with van der Waals surface area (Å²) in [4.78, 5) is 44.6. The minimum Gasteiger partial charge on any atom is -0.459 e. The first kappa shape index (κ1) is 69.4. The van der Waals surface area contributed by atoms with E-state index < -0.39 is 109 Å². The summed E-state index contributed by atoms with van der Waals surface area (Å²) in [6.07, 6.45) is -1.37. The molecule has 0 aliphatic carbocycles. The lowest BCUT2D eigenvalue weighted by atomic mass is 9.76. The smallest absolute Gasteiger partial charge is 0.311 e. The molecule has 20 heteroatoms. The zero-order valence-corrected chi connectivity index (χ0v) is 56.0. The number of nitrogens with one attached hydrogen (secondary N) is 1. The molecule has 4 fully saturated rings. The average molecular weight is 1240 g/mol. The molecule has 0 spiro atoms. The minimum atomic E-state index is -3.24. The molecule has 4 aliphatic heterocycles. The number of aromatic nitrogens is 3. The highest BCUT2D eigenvalue weighted by molar-refractivity contribution is 6.98. The highest BCUT2D eigenvalue weighted by Gasteiger charge is 2.58. The lowest BCUT2D eigenvalue weighted by Gasteiger charge is -2.56. The monoisotopic (exact) mass is 1240 g/mol. The Balaban J connectivity index is 0.919. The van der Waals surface area contributed by atoms with Crippen LogP contribution in [-0.2, 0) is 55.8 Å². The maximum Gasteiger partial charge on any atom is 0.311 e. The van der Waals surface area contributed by atoms with Gasteiger partial charge < -0.3 is 63.5 Å². The van der Waals surface area contributed by atoms with Crippen LogP contribution in [0, 0.1) is 17.8 Å². The summed E-state index contributed by atoms with van der Waals surface area (Å²) < 4.78 is 48.8. The Morgan fingerprint density at radius 2 is 1.53 bits per heavy atom. The Bertz CT molecular complexity index is 2830. The highest BCUT2D eigenvalue weighted by atomic mass is 28.4. The number of hydrogen-bond donors (Lipinski definition) is 5. The van der Waals surface area contributed by atoms with Gasteiger partial charge in [-0.1, -0.05) is 131 Å². The van der Waals surface area contributed by atoms with Gasteiger partial charge in [0.25, 0.3) is 8.32 Å². The van der Waals surface area contributed by atoms with Gasteiger partial charge in [-0.15, -0.1) is 5.10 Å². The zero-order valence-electron chi connectivity index (χ0n) is 55.0. The second-order valence-electron chi connectivity index (χ2n) is 27.6. The van der Waals surface area contributed by atoms with Crippen molar-refractivity contribution >= 4 is 30.6 Å². The highest BCUT2D eigenvalue weighted by Crippen LogP contribution is 2.46. The number of amides is 1. The van der Waals surface area contributed by atoms with Crippen molar-refractivity contribution in [3.05, 3.63) is 96.7 Å². The predicted molar refractivity (Wildman–Crippen MR) is 340 cm³/mol. The number of likely N-dealkylation sites (N-methyl/N-ethyl adjacent to an activating group) is 2. The van der Waals surface area contributed by atoms with Crippen molar-refractivity contribution in [1.82, 2.24) is 30.1 Å². The first-order valence-corrected chi connectivity index (χ1v) is 34.1. The van der Waals surface area contributed by atoms with E-state index in [2.05, 4.69) is 72.6 Å². The number of aliphatic hydroxyl groups excluding tert-OH is 2. The molecule has 19 nitrogen and oxygen atoms in total. The van der Waals surface area contributed by atoms with E-state index in [0.717, 1.165) is 46.5 Å². The Morgan fingerprint density at radius 3 is 2.16 bits per heavy atom. The van der Waals surface area contributed by atoms with Crippen LogP contribution in [0.3, 0.4) is 0 Å². The third kappa shape index (κ3) is 15.3. The number of aryl methyl sites for hydroxylation is 1. The lowest BCUT2D eigenvalue weighted by Crippen LogP contribution is -2.68. The van der Waals surface area contributed by atoms with Crippen molar-refractivity contribution in [1.29, 1.82) is 0 Å². The van der Waals surface area contributed by atoms with Crippen LogP contribution in [0.5, 0.6) is 0 Å². The summed E-state index contributed by atoms with van der Waals surface area (Å²) in [7, 11) is 2.36. The summed E-state index contributed by atoms with van der Waals surface area (Å²) in [5.41, 5.74) is -0.938. The fourth-order valence-corrected chi connectivity index (χ4v) is 18.1. The second-order valence-corrected chi connectivity index (χ2v) is 31.6. The third-order valence-electron chi connectivity index (χ3n) is 20.1. The molecular weight excluding hydrogens is 1140 g/mol. The second kappa shape index (κ2) is 29.0. The van der Waals surface area contributed by atoms with Gasteiger partial charge in [-0.2, -0.15) is 0 Å². The quantitative estimate of drug-likeness (QED) is 0.0362. The fraction of sp³-hybridized carbons (Fsp3) is 0.676. The molecule has 0 unspecified atom stereocenters. The summed E-state index contributed by atoms with van der Waals surface area (Å²) >= 11 is 0. The van der Waals surface area contributed by atoms with E-state index in [1.165, 1.54) is 6.92 Å². The van der Waals surface area contributed by atoms with E-state index in [0.29, 0.717) is 45.4 Å². The van der Waals surface area contributed by atoms with Crippen LogP contribution in [0.2, 0.25) is 5.04 Å². The number of esters is 1. The molecule has 88 heavy (non-hydrogen) atoms. The molecule has 4 saturated heterocycles. The van der Waals surface area contributed by atoms with Crippen molar-refractivity contribution in [2.75, 3.05) is 34.3 Å². The van der Waals surface area contributed by atoms with Gasteiger partial charge in [0.05, 0.1) is 47.7 Å². The number of nitrogens with zero attached hydrogens (tertiary/aromatic N) is 5. The van der Waals surface area contributed by atoms with E-state index in [-0.39, 0.29) is 36.8 Å². The Kier molecular flexibility index (Phi) is 22.8. The number of rotatable bonds is 19. The van der Waals surface area contributed by atoms with Crippen LogP contribution in [-0.4, -0.2) is 190 Å². The largest absolute Gasteiger partial charge is 0.459 e. The van der Waals surface area contributed by atoms with Gasteiger partial charge >= 0.3 is 5.97 Å². The molecule has 0 bridgehead atoms. The molecular formula is C68H104N6O13Si. The Morgan fingerprint density at radius 1 is 0.886 bits per heavy atom. The first-order valence-electron chi connectivity index (χ1n) is 32.2. The van der Waals surface area contributed by atoms with Crippen LogP contribution in [0.1, 0.15) is 140 Å². The SMILES string of the molecule is CC[C@H]1OC(=O)[C@H](C)[C@@H](O[C@H]2C[C@@](C)(OC)[C@@H](O)[C@H](C)O2)[C@H](C)[C@H]2O[C@@H]3O[C@H](C)C[C@H](N(C)Cc4ccc(-c5cn(CCCCCC(=O)NCC(C)(C)[Si](O)(c6ccccc6)c6ccccc6)nn5)cc4)[C@H]3O[C@]2(C)C[C@@H](C)CN(C)[C@H](C)[C@@H](O)[C@]1(C)O. The molecule has 0 radical (unpaired) electrons. The van der Waals surface area contributed by atoms with Gasteiger partial charge in [0, 0.05) is 74.7 Å². The molecule has 18 atom stereocenters. The number of methoxy groups -OCH3 is 1. The number of hydrogen-bond acceptors (Lipinski definition) is 17. The molecule has 4 aromatic rings. The van der Waals surface area contributed by atoms with Gasteiger partial charge in [0.1, 0.15) is 35.7 Å². The van der Waals surface area contributed by atoms with Crippen LogP contribution < -0.4 is 15.7 Å². The Labute approximate surface area is 524 Å². The van der Waals surface area contributed by atoms with Crippen molar-refractivity contribution < 1.29 is 62.9 Å². The molecule has 4 aliphatic rings. The van der Waals surface area contributed by atoms with Gasteiger partial charge in [0.2, 0.25) is 5.91 Å². The fourth-order valence-electron chi connectivity index (χ4n) is 14.5. The summed E-state index contributed by atoms with van der Waals surface area (Å²) in [5, 5.41) is 48.4. The predicted octanol–water partition coefficient (Wildman–Crippen LogP) is 6.98. The number of ether oxygens (including phenoxy) is 7. The molecule has 1 amide bonds. The standard InChI is InChI=1S/C68H104N6O13Si/c1-16-55-68(12,79)60(76)47(6)72(13)39-43(2)37-67(11)62(45(4)58(46(5)63(78)84-55)85-57-38-66(10,81-15)61(77)48(7)83-57)86-64-59(87-67)54(36-44(3)82-64)73(14)40-49-31-33-50(34-32-49)53-41-74(71-70-53)35-25-19-24-30-56(75)69-42-65(8,9)88(80,51-26-20-17-21-27-51)52-28-22-18-23-29-52/h17-18,20-23,26-29,31-34,41,43-48,54-55,57-62,64,76-77,79-80H,16,19,24-25,30,35-40,42H2,1-15H3,(H,69,75)/t43-,44-,45+,46-,47-,48+,54+,55-,57+,58+,59-,60-,61+,62-,64+,66-,67-,68-/m1/s1. The average Bonchev–Trinajstić information content (AvgIpc) is 1.23. The maximum atomic E-state index is 14.6. The topological polar surface area (TPSA) is 229 Å². The molecule has 5 N–H and O–H groups in total. The lowest BCUT2D eigenvalue weighted by molar-refractivity contribution is -0.378. The minimum absolute atomic E-state index is 0.00948. The van der Waals surface area contributed by atoms with Crippen LogP contribution in [0.25, 0.3) is 11.3 Å². The molecule has 0 saturated carbocycles. The molecule has 1 aromatic heterocycles. The number of carbonyl (C=O) groups is 2. The van der Waals surface area contributed by atoms with Crippen LogP contribution in [0.4, 0.5) is 0 Å². The van der Waals surface area contributed by atoms with Crippen molar-refractivity contribution in [2.45, 2.75) is 243 Å². The number of cyclic esters (lactones) is 1. The van der Waals surface area contributed by atoms with E-state index in [4.69, 9.17) is 33.2 Å². The van der Waals surface area contributed by atoms with Gasteiger partial charge in [-0.25, -0.2) is 0 Å². The normalized spacial score (nSPS) is 34.9. The number of benzene rings is 3. The van der Waals surface area contributed by atoms with Crippen molar-refractivity contribution in [3.8, 4) is 11.3 Å². The maximum absolute atomic E-state index is 14.6. The third-order valence-corrected chi connectivity index (χ3v) is 24.5. The Hall–Kier alpha value is -4.52. The van der Waals surface area contributed by atoms with E-state index in [1.54, 1.807) is 21.0 Å². The number of unbranched alkanes of at least 4 members (excludes halogenated alkanes) is 2. The molecule has 488 valence electrons. The van der Waals surface area contributed by atoms with E-state index in [1.807, 2.05) is 125 Å². The number of fused-ring (bicyclic) bond motifs is 2. The van der Waals surface area contributed by atoms with E-state index >= 15 is 0 Å². The van der Waals surface area contributed by atoms with Gasteiger partial charge in [-0.05, 0) is 117 Å². The summed E-state index contributed by atoms with van der Waals surface area (Å²) in [6, 6.07) is 27.5. The summed E-state index contributed by atoms with van der Waals surface area (Å²) in [6.45, 7) is 25.2. The molecule has 3 aromatic carbocycles. The van der Waals surface area contributed by atoms with Crippen molar-refractivity contribution in [3.63, 3.8) is 0 Å². The zero-order chi connectivity index (χ0) is 64.1. The first-order chi connectivity index (χ1) is 41.5. The van der Waals surface area contributed by atoms with E-state index in [9.17, 15) is 29.7 Å². The van der Waals surface area contributed by atoms with Crippen LogP contribution in [0.15, 0.2) is 91.1 Å². The van der Waals surface area contributed by atoms with Crippen LogP contribution >= 0.6 is 0 Å². The number of aliphatic hydroxyl groups is 3. The van der Waals surface area contributed by atoms with Gasteiger partial charge in [0.15, 0.2) is 12.6 Å². The van der Waals surface area contributed by atoms with Crippen molar-refractivity contribution in [2.24, 2.45) is 17.8 Å². The molecule has 8 rings (SSSR count). The van der Waals surface area contributed by atoms with Gasteiger partial charge in [-0.3, -0.25) is 19.2 Å². The molecule has 5 heterocycles. The number of carbonyl (C=O) groups excluding carboxylic acids is 2.